The Morgan fingerprint density at radius 1 is 1.55 bits per heavy atom. The summed E-state index contributed by atoms with van der Waals surface area (Å²) in [6.07, 6.45) is 2.35. The van der Waals surface area contributed by atoms with Crippen LogP contribution in [-0.2, 0) is 6.54 Å². The number of amides is 2. The molecular formula is C13H18N4O3. The molecule has 1 aromatic heterocycles. The van der Waals surface area contributed by atoms with Gasteiger partial charge < -0.3 is 21.1 Å². The molecule has 7 nitrogen and oxygen atoms in total. The van der Waals surface area contributed by atoms with Crippen molar-refractivity contribution in [2.24, 2.45) is 11.7 Å². The molecule has 108 valence electrons. The van der Waals surface area contributed by atoms with Crippen molar-refractivity contribution in [3.05, 3.63) is 29.6 Å². The van der Waals surface area contributed by atoms with Crippen molar-refractivity contribution in [3.63, 3.8) is 0 Å². The number of carbonyl (C=O) groups is 2. The lowest BCUT2D eigenvalue weighted by molar-refractivity contribution is 0.0696. The third kappa shape index (κ3) is 3.45. The number of nitrogens with one attached hydrogen (secondary N) is 1. The molecule has 2 amide bonds. The molecule has 1 fully saturated rings. The average Bonchev–Trinajstić information content (AvgIpc) is 2.94. The Labute approximate surface area is 116 Å². The first-order valence-corrected chi connectivity index (χ1v) is 6.51. The Morgan fingerprint density at radius 3 is 3.00 bits per heavy atom. The molecule has 0 saturated carbocycles. The zero-order valence-electron chi connectivity index (χ0n) is 11.1. The predicted molar refractivity (Wildman–Crippen MR) is 72.2 cm³/mol. The molecular weight excluding hydrogens is 260 g/mol. The summed E-state index contributed by atoms with van der Waals surface area (Å²) in [5.41, 5.74) is 6.26. The first-order chi connectivity index (χ1) is 9.60. The van der Waals surface area contributed by atoms with Crippen molar-refractivity contribution < 1.29 is 14.7 Å². The number of rotatable bonds is 4. The van der Waals surface area contributed by atoms with Crippen LogP contribution in [0.1, 0.15) is 22.5 Å². The molecule has 0 radical (unpaired) electrons. The molecule has 7 heteroatoms. The number of pyridine rings is 1. The van der Waals surface area contributed by atoms with Crippen LogP contribution in [0.25, 0.3) is 0 Å². The van der Waals surface area contributed by atoms with Crippen LogP contribution in [0.2, 0.25) is 0 Å². The van der Waals surface area contributed by atoms with Crippen LogP contribution in [0.4, 0.5) is 4.79 Å². The van der Waals surface area contributed by atoms with E-state index < -0.39 is 5.97 Å². The maximum absolute atomic E-state index is 11.9. The average molecular weight is 278 g/mol. The summed E-state index contributed by atoms with van der Waals surface area (Å²) < 4.78 is 0. The highest BCUT2D eigenvalue weighted by Gasteiger charge is 2.24. The maximum Gasteiger partial charge on any atom is 0.335 e. The number of carboxylic acids is 1. The molecule has 0 aromatic carbocycles. The van der Waals surface area contributed by atoms with E-state index in [0.717, 1.165) is 6.42 Å². The second-order valence-corrected chi connectivity index (χ2v) is 4.84. The second-order valence-electron chi connectivity index (χ2n) is 4.84. The van der Waals surface area contributed by atoms with Crippen molar-refractivity contribution >= 4 is 12.0 Å². The van der Waals surface area contributed by atoms with Gasteiger partial charge in [0.05, 0.1) is 17.8 Å². The van der Waals surface area contributed by atoms with Crippen molar-refractivity contribution in [2.45, 2.75) is 13.0 Å². The normalized spacial score (nSPS) is 18.1. The first kappa shape index (κ1) is 14.3. The fraction of sp³-hybridized carbons (Fsp3) is 0.462. The fourth-order valence-corrected chi connectivity index (χ4v) is 2.20. The highest BCUT2D eigenvalue weighted by Crippen LogP contribution is 2.14. The van der Waals surface area contributed by atoms with Gasteiger partial charge in [0.2, 0.25) is 0 Å². The lowest BCUT2D eigenvalue weighted by Gasteiger charge is -2.17. The van der Waals surface area contributed by atoms with E-state index in [9.17, 15) is 9.59 Å². The van der Waals surface area contributed by atoms with Crippen molar-refractivity contribution in [1.29, 1.82) is 0 Å². The molecule has 1 unspecified atom stereocenters. The smallest absolute Gasteiger partial charge is 0.335 e. The van der Waals surface area contributed by atoms with Crippen molar-refractivity contribution in [1.82, 2.24) is 15.2 Å². The van der Waals surface area contributed by atoms with Gasteiger partial charge in [0.15, 0.2) is 0 Å². The van der Waals surface area contributed by atoms with Crippen LogP contribution in [0.3, 0.4) is 0 Å². The van der Waals surface area contributed by atoms with E-state index in [-0.39, 0.29) is 18.1 Å². The van der Waals surface area contributed by atoms with Gasteiger partial charge >= 0.3 is 12.0 Å². The van der Waals surface area contributed by atoms with Crippen LogP contribution < -0.4 is 11.1 Å². The Kier molecular flexibility index (Phi) is 4.52. The molecule has 2 heterocycles. The molecule has 0 bridgehead atoms. The fourth-order valence-electron chi connectivity index (χ4n) is 2.20. The number of carboxylic acid groups (broad SMARTS) is 1. The number of urea groups is 1. The van der Waals surface area contributed by atoms with Gasteiger partial charge in [-0.2, -0.15) is 0 Å². The van der Waals surface area contributed by atoms with Gasteiger partial charge in [-0.15, -0.1) is 0 Å². The highest BCUT2D eigenvalue weighted by molar-refractivity contribution is 5.87. The van der Waals surface area contributed by atoms with E-state index in [1.807, 2.05) is 0 Å². The molecule has 0 spiro atoms. The van der Waals surface area contributed by atoms with Crippen LogP contribution in [0.5, 0.6) is 0 Å². The summed E-state index contributed by atoms with van der Waals surface area (Å²) in [6.45, 7) is 2.18. The Morgan fingerprint density at radius 2 is 2.35 bits per heavy atom. The van der Waals surface area contributed by atoms with E-state index in [1.165, 1.54) is 18.3 Å². The largest absolute Gasteiger partial charge is 0.478 e. The van der Waals surface area contributed by atoms with Gasteiger partial charge in [0, 0.05) is 19.3 Å². The lowest BCUT2D eigenvalue weighted by atomic mass is 10.1. The summed E-state index contributed by atoms with van der Waals surface area (Å²) in [4.78, 5) is 28.5. The van der Waals surface area contributed by atoms with Gasteiger partial charge in [-0.05, 0) is 31.0 Å². The number of aromatic carboxylic acids is 1. The number of carbonyl (C=O) groups excluding carboxylic acids is 1. The molecule has 1 aliphatic rings. The molecule has 1 aliphatic heterocycles. The minimum Gasteiger partial charge on any atom is -0.478 e. The van der Waals surface area contributed by atoms with Gasteiger partial charge in [0.25, 0.3) is 0 Å². The minimum atomic E-state index is -1.01. The van der Waals surface area contributed by atoms with Gasteiger partial charge in [0.1, 0.15) is 0 Å². The van der Waals surface area contributed by atoms with E-state index >= 15 is 0 Å². The number of hydrogen-bond acceptors (Lipinski definition) is 4. The minimum absolute atomic E-state index is 0.161. The molecule has 2 rings (SSSR count). The van der Waals surface area contributed by atoms with Crippen LogP contribution >= 0.6 is 0 Å². The lowest BCUT2D eigenvalue weighted by Crippen LogP contribution is -2.38. The third-order valence-corrected chi connectivity index (χ3v) is 3.39. The summed E-state index contributed by atoms with van der Waals surface area (Å²) in [5.74, 6) is -0.639. The summed E-state index contributed by atoms with van der Waals surface area (Å²) in [5, 5.41) is 11.6. The molecule has 0 aliphatic carbocycles. The van der Waals surface area contributed by atoms with Crippen molar-refractivity contribution in [2.75, 3.05) is 19.6 Å². The number of likely N-dealkylation sites (tertiary alicyclic amines) is 1. The summed E-state index contributed by atoms with van der Waals surface area (Å²) >= 11 is 0. The topological polar surface area (TPSA) is 109 Å². The van der Waals surface area contributed by atoms with Crippen LogP contribution in [0.15, 0.2) is 18.3 Å². The quantitative estimate of drug-likeness (QED) is 0.732. The first-order valence-electron chi connectivity index (χ1n) is 6.51. The number of hydrogen-bond donors (Lipinski definition) is 3. The Bertz CT molecular complexity index is 506. The van der Waals surface area contributed by atoms with Gasteiger partial charge in [-0.25, -0.2) is 9.59 Å². The summed E-state index contributed by atoms with van der Waals surface area (Å²) in [7, 11) is 0. The van der Waals surface area contributed by atoms with E-state index in [0.29, 0.717) is 31.2 Å². The SMILES string of the molecule is NCC1CCN(C(=O)NCc2cc(C(=O)O)ccn2)C1. The molecule has 1 aromatic rings. The number of nitrogens with zero attached hydrogens (tertiary/aromatic N) is 2. The van der Waals surface area contributed by atoms with Crippen molar-refractivity contribution in [3.8, 4) is 0 Å². The van der Waals surface area contributed by atoms with Gasteiger partial charge in [-0.1, -0.05) is 0 Å². The Balaban J connectivity index is 1.87. The number of aromatic nitrogens is 1. The third-order valence-electron chi connectivity index (χ3n) is 3.39. The van der Waals surface area contributed by atoms with E-state index in [1.54, 1.807) is 4.90 Å². The number of nitrogens with two attached hydrogens (primary N) is 1. The monoisotopic (exact) mass is 278 g/mol. The second kappa shape index (κ2) is 6.33. The van der Waals surface area contributed by atoms with Gasteiger partial charge in [-0.3, -0.25) is 4.98 Å². The standard InChI is InChI=1S/C13H18N4O3/c14-6-9-2-4-17(8-9)13(20)16-7-11-5-10(12(18)19)1-3-15-11/h1,3,5,9H,2,4,6-8,14H2,(H,16,20)(H,18,19). The Hall–Kier alpha value is -2.15. The van der Waals surface area contributed by atoms with E-state index in [4.69, 9.17) is 10.8 Å². The maximum atomic E-state index is 11.9. The van der Waals surface area contributed by atoms with E-state index in [2.05, 4.69) is 10.3 Å². The predicted octanol–water partition coefficient (Wildman–Crippen LogP) is 0.270. The molecule has 1 atom stereocenters. The summed E-state index contributed by atoms with van der Waals surface area (Å²) in [6, 6.07) is 2.71. The molecule has 20 heavy (non-hydrogen) atoms. The molecule has 1 saturated heterocycles. The van der Waals surface area contributed by atoms with Crippen LogP contribution in [-0.4, -0.2) is 46.6 Å². The zero-order valence-corrected chi connectivity index (χ0v) is 11.1. The molecule has 4 N–H and O–H groups in total. The zero-order chi connectivity index (χ0) is 14.5. The highest BCUT2D eigenvalue weighted by atomic mass is 16.4. The van der Waals surface area contributed by atoms with Crippen LogP contribution in [0, 0.1) is 5.92 Å².